The van der Waals surface area contributed by atoms with E-state index in [1.54, 1.807) is 0 Å². The minimum atomic E-state index is -1.80. The van der Waals surface area contributed by atoms with Crippen molar-refractivity contribution in [3.63, 3.8) is 0 Å². The second kappa shape index (κ2) is 16.5. The van der Waals surface area contributed by atoms with E-state index in [2.05, 4.69) is 87.8 Å². The molecule has 0 saturated carbocycles. The predicted octanol–water partition coefficient (Wildman–Crippen LogP) is 16.5. The minimum absolute atomic E-state index is 0.235. The Bertz CT molecular complexity index is 3220. The van der Waals surface area contributed by atoms with Crippen molar-refractivity contribution in [2.24, 2.45) is 0 Å². The van der Waals surface area contributed by atoms with Gasteiger partial charge in [-0.1, -0.05) is 171 Å². The van der Waals surface area contributed by atoms with Gasteiger partial charge in [-0.05, 0) is 81.2 Å². The van der Waals surface area contributed by atoms with Crippen LogP contribution in [0.5, 0.6) is 0 Å². The molecule has 326 valence electrons. The molecular weight excluding hydrogens is 857 g/mol. The Morgan fingerprint density at radius 1 is 0.364 bits per heavy atom. The summed E-state index contributed by atoms with van der Waals surface area (Å²) < 4.78 is 65.0. The summed E-state index contributed by atoms with van der Waals surface area (Å²) >= 11 is 0. The molecule has 0 spiro atoms. The normalized spacial score (nSPS) is 12.1. The van der Waals surface area contributed by atoms with Crippen molar-refractivity contribution >= 4 is 93.0 Å². The van der Waals surface area contributed by atoms with Gasteiger partial charge in [0, 0.05) is 45.4 Å². The van der Waals surface area contributed by atoms with E-state index in [0.29, 0.717) is 33.9 Å². The molecule has 0 aliphatic carbocycles. The summed E-state index contributed by atoms with van der Waals surface area (Å²) in [7, 11) is -3.61. The summed E-state index contributed by atoms with van der Waals surface area (Å²) in [6.45, 7) is 13.5. The summed E-state index contributed by atoms with van der Waals surface area (Å²) in [5.74, 6) is -2.70. The first-order chi connectivity index (χ1) is 31.7. The lowest BCUT2D eigenvalue weighted by Gasteiger charge is -2.31. The van der Waals surface area contributed by atoms with Gasteiger partial charge in [0.15, 0.2) is 11.6 Å². The van der Waals surface area contributed by atoms with Crippen molar-refractivity contribution in [1.82, 2.24) is 0 Å². The average molecular weight is 905 g/mol. The molecule has 0 fully saturated rings. The number of para-hydroxylation sites is 2. The first-order valence-electron chi connectivity index (χ1n) is 22.3. The molecule has 0 aliphatic rings. The van der Waals surface area contributed by atoms with Crippen LogP contribution >= 0.6 is 0 Å². The fourth-order valence-electron chi connectivity index (χ4n) is 9.42. The molecule has 0 amide bonds. The van der Waals surface area contributed by atoms with Gasteiger partial charge in [-0.2, -0.15) is 0 Å². The smallest absolute Gasteiger partial charge is 0.150 e. The Morgan fingerprint density at radius 3 is 1.12 bits per heavy atom. The van der Waals surface area contributed by atoms with Crippen LogP contribution in [0.25, 0.3) is 54.6 Å². The minimum Gasteiger partial charge on any atom is -0.307 e. The molecule has 0 unspecified atom stereocenters. The molecular formula is C58H48F4N2Si2. The molecule has 0 bridgehead atoms. The quantitative estimate of drug-likeness (QED) is 0.0766. The fourth-order valence-corrected chi connectivity index (χ4v) is 11.8. The predicted molar refractivity (Wildman–Crippen MR) is 276 cm³/mol. The molecule has 0 N–H and O–H groups in total. The lowest BCUT2D eigenvalue weighted by atomic mass is 9.91. The van der Waals surface area contributed by atoms with Gasteiger partial charge in [0.2, 0.25) is 0 Å². The van der Waals surface area contributed by atoms with E-state index in [1.165, 1.54) is 22.5 Å². The van der Waals surface area contributed by atoms with E-state index in [4.69, 9.17) is 0 Å². The number of hydrogen-bond donors (Lipinski definition) is 0. The molecule has 0 saturated heterocycles. The molecule has 66 heavy (non-hydrogen) atoms. The second-order valence-corrected chi connectivity index (χ2v) is 29.3. The maximum Gasteiger partial charge on any atom is 0.150 e. The third kappa shape index (κ3) is 7.63. The second-order valence-electron chi connectivity index (χ2n) is 19.2. The molecule has 0 heterocycles. The summed E-state index contributed by atoms with van der Waals surface area (Å²) in [5.41, 5.74) is 5.62. The zero-order chi connectivity index (χ0) is 46.1. The zero-order valence-electron chi connectivity index (χ0n) is 37.7. The van der Waals surface area contributed by atoms with Gasteiger partial charge in [-0.3, -0.25) is 0 Å². The van der Waals surface area contributed by atoms with E-state index in [-0.39, 0.29) is 11.4 Å². The third-order valence-electron chi connectivity index (χ3n) is 12.7. The zero-order valence-corrected chi connectivity index (χ0v) is 39.7. The molecule has 0 aromatic heterocycles. The Morgan fingerprint density at radius 2 is 0.742 bits per heavy atom. The molecule has 0 atom stereocenters. The molecule has 10 aromatic carbocycles. The molecule has 0 radical (unpaired) electrons. The van der Waals surface area contributed by atoms with E-state index in [0.717, 1.165) is 55.6 Å². The highest BCUT2D eigenvalue weighted by molar-refractivity contribution is 6.89. The largest absolute Gasteiger partial charge is 0.307 e. The first-order valence-corrected chi connectivity index (χ1v) is 29.3. The fraction of sp³-hybridized carbons (Fsp3) is 0.103. The summed E-state index contributed by atoms with van der Waals surface area (Å²) in [5, 5.41) is 7.85. The van der Waals surface area contributed by atoms with Gasteiger partial charge in [-0.25, -0.2) is 17.6 Å². The average Bonchev–Trinajstić information content (AvgIpc) is 3.30. The monoisotopic (exact) mass is 904 g/mol. The topological polar surface area (TPSA) is 6.48 Å². The van der Waals surface area contributed by atoms with E-state index < -0.39 is 39.4 Å². The van der Waals surface area contributed by atoms with Crippen LogP contribution in [0.4, 0.5) is 51.7 Å². The van der Waals surface area contributed by atoms with E-state index >= 15 is 17.6 Å². The van der Waals surface area contributed by atoms with Crippen LogP contribution in [-0.4, -0.2) is 16.1 Å². The van der Waals surface area contributed by atoms with Crippen LogP contribution in [0.15, 0.2) is 182 Å². The maximum atomic E-state index is 17.0. The van der Waals surface area contributed by atoms with E-state index in [1.807, 2.05) is 119 Å². The SMILES string of the molecule is C[Si](C)(C)c1cccc(-c2cc(F)cc(F)c2N(c2ccccc2)c2ccc3ccc4c(N(c5ccccc5)c5c(F)cc(F)cc5-c5cccc([Si](C)(C)C)c5)ccc5ccc2c3c54)c1. The first kappa shape index (κ1) is 42.9. The van der Waals surface area contributed by atoms with E-state index in [9.17, 15) is 0 Å². The Balaban J connectivity index is 1.25. The Kier molecular flexibility index (Phi) is 10.7. The molecule has 0 aliphatic heterocycles. The molecule has 10 aromatic rings. The molecule has 2 nitrogen and oxygen atoms in total. The third-order valence-corrected chi connectivity index (χ3v) is 16.8. The van der Waals surface area contributed by atoms with Crippen molar-refractivity contribution in [3.05, 3.63) is 205 Å². The number of anilines is 6. The summed E-state index contributed by atoms with van der Waals surface area (Å²) in [6.07, 6.45) is 0. The van der Waals surface area contributed by atoms with Gasteiger partial charge in [0.1, 0.15) is 11.6 Å². The highest BCUT2D eigenvalue weighted by atomic mass is 28.3. The highest BCUT2D eigenvalue weighted by Crippen LogP contribution is 2.51. The van der Waals surface area contributed by atoms with Crippen LogP contribution in [0.1, 0.15) is 0 Å². The van der Waals surface area contributed by atoms with Crippen LogP contribution in [0, 0.1) is 23.3 Å². The number of benzene rings is 10. The lowest BCUT2D eigenvalue weighted by molar-refractivity contribution is 0.584. The lowest BCUT2D eigenvalue weighted by Crippen LogP contribution is -2.37. The van der Waals surface area contributed by atoms with Gasteiger partial charge < -0.3 is 9.80 Å². The van der Waals surface area contributed by atoms with Crippen LogP contribution in [-0.2, 0) is 0 Å². The maximum absolute atomic E-state index is 17.0. The van der Waals surface area contributed by atoms with Gasteiger partial charge in [-0.15, -0.1) is 0 Å². The van der Waals surface area contributed by atoms with Gasteiger partial charge in [0.05, 0.1) is 38.9 Å². The Hall–Kier alpha value is -7.01. The standard InChI is InChI=1S/C58H48F4N2Si2/c1-65(2,3)45-21-13-15-39(31-45)49-33-41(59)35-51(61)57(49)63(43-17-9-7-10-18-43)53-29-25-37-24-28-48-54(30-26-38-23-27-47(53)55(37)56(38)48)64(44-19-11-8-12-20-44)58-50(34-42(60)36-52(58)62)40-16-14-22-46(32-40)66(4,5)6/h7-36H,1-6H3. The van der Waals surface area contributed by atoms with Gasteiger partial charge >= 0.3 is 0 Å². The van der Waals surface area contributed by atoms with Crippen LogP contribution in [0.2, 0.25) is 39.3 Å². The van der Waals surface area contributed by atoms with Crippen molar-refractivity contribution in [1.29, 1.82) is 0 Å². The van der Waals surface area contributed by atoms with Crippen LogP contribution in [0.3, 0.4) is 0 Å². The number of halogens is 4. The number of rotatable bonds is 10. The number of hydrogen-bond acceptors (Lipinski definition) is 2. The van der Waals surface area contributed by atoms with Crippen molar-refractivity contribution in [2.75, 3.05) is 9.80 Å². The molecule has 8 heteroatoms. The summed E-state index contributed by atoms with van der Waals surface area (Å²) in [6, 6.07) is 56.6. The van der Waals surface area contributed by atoms with Crippen molar-refractivity contribution < 1.29 is 17.6 Å². The Labute approximate surface area is 385 Å². The van der Waals surface area contributed by atoms with Gasteiger partial charge in [0.25, 0.3) is 0 Å². The summed E-state index contributed by atoms with van der Waals surface area (Å²) in [4.78, 5) is 3.81. The van der Waals surface area contributed by atoms with Crippen LogP contribution < -0.4 is 20.2 Å². The number of nitrogens with zero attached hydrogens (tertiary/aromatic N) is 2. The van der Waals surface area contributed by atoms with Crippen molar-refractivity contribution in [2.45, 2.75) is 39.3 Å². The molecule has 10 rings (SSSR count). The highest BCUT2D eigenvalue weighted by Gasteiger charge is 2.29. The van der Waals surface area contributed by atoms with Crippen molar-refractivity contribution in [3.8, 4) is 22.3 Å².